The molecular formula is C16H18N4O3S. The van der Waals surface area contributed by atoms with Crippen molar-refractivity contribution in [1.29, 1.82) is 0 Å². The van der Waals surface area contributed by atoms with Gasteiger partial charge in [0.25, 0.3) is 5.22 Å². The normalized spacial score (nSPS) is 15.5. The molecule has 0 saturated carbocycles. The Morgan fingerprint density at radius 3 is 2.79 bits per heavy atom. The van der Waals surface area contributed by atoms with Gasteiger partial charge in [-0.2, -0.15) is 0 Å². The van der Waals surface area contributed by atoms with Crippen molar-refractivity contribution in [2.24, 2.45) is 0 Å². The Hall–Kier alpha value is -2.35. The van der Waals surface area contributed by atoms with E-state index in [9.17, 15) is 9.59 Å². The monoisotopic (exact) mass is 346 g/mol. The first-order valence-electron chi connectivity index (χ1n) is 7.62. The maximum absolute atomic E-state index is 12.3. The van der Waals surface area contributed by atoms with E-state index in [-0.39, 0.29) is 11.9 Å². The van der Waals surface area contributed by atoms with Crippen molar-refractivity contribution >= 4 is 23.7 Å². The van der Waals surface area contributed by atoms with Crippen LogP contribution in [0.4, 0.5) is 4.79 Å². The number of hydrogen-bond donors (Lipinski definition) is 1. The average Bonchev–Trinajstić information content (AvgIpc) is 3.18. The van der Waals surface area contributed by atoms with Crippen LogP contribution in [0.2, 0.25) is 0 Å². The van der Waals surface area contributed by atoms with Crippen molar-refractivity contribution in [2.75, 3.05) is 13.1 Å². The summed E-state index contributed by atoms with van der Waals surface area (Å²) in [5.74, 6) is 0.153. The van der Waals surface area contributed by atoms with Gasteiger partial charge in [-0.25, -0.2) is 4.79 Å². The van der Waals surface area contributed by atoms with E-state index in [1.54, 1.807) is 6.92 Å². The van der Waals surface area contributed by atoms with Gasteiger partial charge in [0.05, 0.1) is 5.25 Å². The predicted octanol–water partition coefficient (Wildman–Crippen LogP) is 2.39. The number of aromatic nitrogens is 2. The molecule has 1 N–H and O–H groups in total. The topological polar surface area (TPSA) is 88.3 Å². The highest BCUT2D eigenvalue weighted by Gasteiger charge is 2.31. The lowest BCUT2D eigenvalue weighted by molar-refractivity contribution is -0.126. The van der Waals surface area contributed by atoms with E-state index in [0.717, 1.165) is 22.9 Å². The molecule has 0 radical (unpaired) electrons. The van der Waals surface area contributed by atoms with Gasteiger partial charge in [0, 0.05) is 18.7 Å². The molecule has 24 heavy (non-hydrogen) atoms. The summed E-state index contributed by atoms with van der Waals surface area (Å²) in [4.78, 5) is 25.0. The highest BCUT2D eigenvalue weighted by atomic mass is 32.2. The fourth-order valence-corrected chi connectivity index (χ4v) is 3.10. The molecule has 3 amide bonds. The second-order valence-electron chi connectivity index (χ2n) is 5.65. The Kier molecular flexibility index (Phi) is 4.57. The quantitative estimate of drug-likeness (QED) is 0.855. The fraction of sp³-hybridized carbons (Fsp3) is 0.375. The Labute approximate surface area is 143 Å². The average molecular weight is 346 g/mol. The molecule has 3 rings (SSSR count). The zero-order valence-electron chi connectivity index (χ0n) is 13.7. The molecule has 2 aromatic rings. The summed E-state index contributed by atoms with van der Waals surface area (Å²) in [5.41, 5.74) is 3.18. The van der Waals surface area contributed by atoms with Gasteiger partial charge in [0.15, 0.2) is 0 Å². The number of nitrogens with zero attached hydrogens (tertiary/aromatic N) is 3. The lowest BCUT2D eigenvalue weighted by Gasteiger charge is -2.15. The van der Waals surface area contributed by atoms with E-state index >= 15 is 0 Å². The van der Waals surface area contributed by atoms with E-state index < -0.39 is 5.25 Å². The van der Waals surface area contributed by atoms with Crippen molar-refractivity contribution in [3.63, 3.8) is 0 Å². The minimum atomic E-state index is -0.484. The summed E-state index contributed by atoms with van der Waals surface area (Å²) >= 11 is 1.15. The van der Waals surface area contributed by atoms with Crippen LogP contribution >= 0.6 is 11.8 Å². The Morgan fingerprint density at radius 1 is 1.33 bits per heavy atom. The van der Waals surface area contributed by atoms with Crippen LogP contribution in [0, 0.1) is 13.8 Å². The SMILES string of the molecule is Cc1ccc(-c2nnc(SC(C)C(=O)N3CCNC3=O)o2)cc1C. The molecule has 8 heteroatoms. The number of rotatable bonds is 4. The fourth-order valence-electron chi connectivity index (χ4n) is 2.35. The van der Waals surface area contributed by atoms with Gasteiger partial charge < -0.3 is 9.73 Å². The van der Waals surface area contributed by atoms with Crippen LogP contribution in [0.5, 0.6) is 0 Å². The van der Waals surface area contributed by atoms with Crippen LogP contribution in [0.25, 0.3) is 11.5 Å². The third-order valence-electron chi connectivity index (χ3n) is 3.91. The van der Waals surface area contributed by atoms with Crippen molar-refractivity contribution in [3.05, 3.63) is 29.3 Å². The van der Waals surface area contributed by atoms with Gasteiger partial charge in [-0.15, -0.1) is 10.2 Å². The number of nitrogens with one attached hydrogen (secondary N) is 1. The van der Waals surface area contributed by atoms with Crippen molar-refractivity contribution in [3.8, 4) is 11.5 Å². The molecule has 0 spiro atoms. The second-order valence-corrected chi connectivity index (χ2v) is 6.95. The molecule has 1 aliphatic rings. The van der Waals surface area contributed by atoms with E-state index in [2.05, 4.69) is 15.5 Å². The largest absolute Gasteiger partial charge is 0.411 e. The number of carbonyl (C=O) groups is 2. The minimum Gasteiger partial charge on any atom is -0.411 e. The maximum Gasteiger partial charge on any atom is 0.324 e. The lowest BCUT2D eigenvalue weighted by atomic mass is 10.1. The highest BCUT2D eigenvalue weighted by molar-refractivity contribution is 8.00. The standard InChI is InChI=1S/C16H18N4O3S/c1-9-4-5-12(8-10(9)2)13-18-19-16(23-13)24-11(3)14(21)20-7-6-17-15(20)22/h4-5,8,11H,6-7H2,1-3H3,(H,17,22). The summed E-state index contributed by atoms with van der Waals surface area (Å²) in [6.07, 6.45) is 0. The maximum atomic E-state index is 12.3. The number of benzene rings is 1. The third-order valence-corrected chi connectivity index (χ3v) is 4.83. The van der Waals surface area contributed by atoms with Crippen molar-refractivity contribution < 1.29 is 14.0 Å². The number of imide groups is 1. The van der Waals surface area contributed by atoms with E-state index in [4.69, 9.17) is 4.42 Å². The summed E-state index contributed by atoms with van der Waals surface area (Å²) in [6.45, 7) is 6.65. The first-order chi connectivity index (χ1) is 11.5. The van der Waals surface area contributed by atoms with Crippen LogP contribution in [0.15, 0.2) is 27.8 Å². The summed E-state index contributed by atoms with van der Waals surface area (Å²) in [6, 6.07) is 5.56. The molecule has 1 aliphatic heterocycles. The highest BCUT2D eigenvalue weighted by Crippen LogP contribution is 2.28. The number of thioether (sulfide) groups is 1. The summed E-state index contributed by atoms with van der Waals surface area (Å²) < 4.78 is 5.64. The van der Waals surface area contributed by atoms with Crippen LogP contribution in [0.1, 0.15) is 18.1 Å². The molecule has 7 nitrogen and oxygen atoms in total. The molecule has 1 atom stereocenters. The van der Waals surface area contributed by atoms with Gasteiger partial charge in [-0.3, -0.25) is 9.69 Å². The van der Waals surface area contributed by atoms with Gasteiger partial charge in [-0.05, 0) is 44.0 Å². The van der Waals surface area contributed by atoms with Crippen LogP contribution in [-0.4, -0.2) is 45.4 Å². The van der Waals surface area contributed by atoms with Crippen LogP contribution < -0.4 is 5.32 Å². The van der Waals surface area contributed by atoms with Crippen molar-refractivity contribution in [2.45, 2.75) is 31.2 Å². The Morgan fingerprint density at radius 2 is 2.12 bits per heavy atom. The molecule has 1 fully saturated rings. The Balaban J connectivity index is 1.70. The zero-order valence-corrected chi connectivity index (χ0v) is 14.5. The van der Waals surface area contributed by atoms with Gasteiger partial charge in [0.1, 0.15) is 0 Å². The first-order valence-corrected chi connectivity index (χ1v) is 8.50. The molecule has 1 aromatic carbocycles. The molecule has 1 aromatic heterocycles. The van der Waals surface area contributed by atoms with Crippen LogP contribution in [-0.2, 0) is 4.79 Å². The number of carbonyl (C=O) groups excluding carboxylic acids is 2. The van der Waals surface area contributed by atoms with Gasteiger partial charge in [-0.1, -0.05) is 17.8 Å². The van der Waals surface area contributed by atoms with E-state index in [1.807, 2.05) is 32.0 Å². The minimum absolute atomic E-state index is 0.263. The van der Waals surface area contributed by atoms with E-state index in [0.29, 0.717) is 24.2 Å². The molecule has 1 unspecified atom stereocenters. The smallest absolute Gasteiger partial charge is 0.324 e. The molecule has 2 heterocycles. The van der Waals surface area contributed by atoms with Gasteiger partial charge in [0.2, 0.25) is 11.8 Å². The second kappa shape index (κ2) is 6.64. The van der Waals surface area contributed by atoms with E-state index in [1.165, 1.54) is 10.5 Å². The Bertz CT molecular complexity index is 789. The van der Waals surface area contributed by atoms with Crippen molar-refractivity contribution in [1.82, 2.24) is 20.4 Å². The third kappa shape index (κ3) is 3.28. The number of hydrogen-bond acceptors (Lipinski definition) is 6. The molecular weight excluding hydrogens is 328 g/mol. The van der Waals surface area contributed by atoms with Crippen LogP contribution in [0.3, 0.4) is 0 Å². The summed E-state index contributed by atoms with van der Waals surface area (Å²) in [7, 11) is 0. The molecule has 1 saturated heterocycles. The predicted molar refractivity (Wildman–Crippen MR) is 89.6 cm³/mol. The molecule has 126 valence electrons. The molecule has 0 bridgehead atoms. The number of aryl methyl sites for hydroxylation is 2. The molecule has 0 aliphatic carbocycles. The number of urea groups is 1. The first kappa shape index (κ1) is 16.5. The lowest BCUT2D eigenvalue weighted by Crippen LogP contribution is -2.38. The zero-order chi connectivity index (χ0) is 17.3. The van der Waals surface area contributed by atoms with Gasteiger partial charge >= 0.3 is 6.03 Å². The number of amides is 3. The summed E-state index contributed by atoms with van der Waals surface area (Å²) in [5, 5.41) is 10.5.